The predicted octanol–water partition coefficient (Wildman–Crippen LogP) is 4.07. The third kappa shape index (κ3) is 5.23. The SMILES string of the molecule is Cc1cc(C)c(NC(=O)CCC(=O)OCc2ccccc2)c(C)c1. The summed E-state index contributed by atoms with van der Waals surface area (Å²) in [5, 5.41) is 2.89. The van der Waals surface area contributed by atoms with Gasteiger partial charge in [-0.25, -0.2) is 0 Å². The van der Waals surface area contributed by atoms with Crippen molar-refractivity contribution < 1.29 is 14.3 Å². The van der Waals surface area contributed by atoms with Crippen LogP contribution >= 0.6 is 0 Å². The van der Waals surface area contributed by atoms with Gasteiger partial charge in [-0.2, -0.15) is 0 Å². The molecule has 0 saturated heterocycles. The fourth-order valence-corrected chi connectivity index (χ4v) is 2.60. The summed E-state index contributed by atoms with van der Waals surface area (Å²) in [5.41, 5.74) is 4.96. The highest BCUT2D eigenvalue weighted by molar-refractivity contribution is 5.94. The zero-order valence-corrected chi connectivity index (χ0v) is 14.4. The van der Waals surface area contributed by atoms with E-state index < -0.39 is 0 Å². The van der Waals surface area contributed by atoms with Crippen molar-refractivity contribution in [3.63, 3.8) is 0 Å². The minimum atomic E-state index is -0.369. The summed E-state index contributed by atoms with van der Waals surface area (Å²) in [6.45, 7) is 6.18. The Labute approximate surface area is 142 Å². The van der Waals surface area contributed by atoms with Crippen molar-refractivity contribution >= 4 is 17.6 Å². The van der Waals surface area contributed by atoms with E-state index in [4.69, 9.17) is 4.74 Å². The highest BCUT2D eigenvalue weighted by Gasteiger charge is 2.11. The quantitative estimate of drug-likeness (QED) is 0.814. The van der Waals surface area contributed by atoms with Crippen molar-refractivity contribution in [3.05, 3.63) is 64.7 Å². The fraction of sp³-hybridized carbons (Fsp3) is 0.300. The summed E-state index contributed by atoms with van der Waals surface area (Å²) < 4.78 is 5.17. The summed E-state index contributed by atoms with van der Waals surface area (Å²) in [7, 11) is 0. The van der Waals surface area contributed by atoms with E-state index in [0.29, 0.717) is 0 Å². The van der Waals surface area contributed by atoms with Gasteiger partial charge in [0.25, 0.3) is 0 Å². The molecule has 0 aliphatic rings. The van der Waals surface area contributed by atoms with Crippen LogP contribution in [0.5, 0.6) is 0 Å². The van der Waals surface area contributed by atoms with Crippen LogP contribution in [0.15, 0.2) is 42.5 Å². The number of benzene rings is 2. The molecule has 0 fully saturated rings. The first-order valence-corrected chi connectivity index (χ1v) is 8.03. The van der Waals surface area contributed by atoms with E-state index >= 15 is 0 Å². The monoisotopic (exact) mass is 325 g/mol. The van der Waals surface area contributed by atoms with Crippen molar-refractivity contribution in [2.75, 3.05) is 5.32 Å². The third-order valence-electron chi connectivity index (χ3n) is 3.74. The maximum Gasteiger partial charge on any atom is 0.306 e. The maximum absolute atomic E-state index is 12.1. The first-order chi connectivity index (χ1) is 11.5. The summed E-state index contributed by atoms with van der Waals surface area (Å²) in [5.74, 6) is -0.548. The molecular formula is C20H23NO3. The second-order valence-electron chi connectivity index (χ2n) is 5.97. The average Bonchev–Trinajstić information content (AvgIpc) is 2.55. The first-order valence-electron chi connectivity index (χ1n) is 8.03. The van der Waals surface area contributed by atoms with Gasteiger partial charge in [-0.3, -0.25) is 9.59 Å². The number of aryl methyl sites for hydroxylation is 3. The van der Waals surface area contributed by atoms with Crippen LogP contribution < -0.4 is 5.32 Å². The number of hydrogen-bond acceptors (Lipinski definition) is 3. The van der Waals surface area contributed by atoms with Gasteiger partial charge in [-0.05, 0) is 37.5 Å². The topological polar surface area (TPSA) is 55.4 Å². The summed E-state index contributed by atoms with van der Waals surface area (Å²) in [6.07, 6.45) is 0.184. The Balaban J connectivity index is 1.80. The zero-order chi connectivity index (χ0) is 17.5. The fourth-order valence-electron chi connectivity index (χ4n) is 2.60. The molecule has 0 aliphatic carbocycles. The molecule has 4 heteroatoms. The lowest BCUT2D eigenvalue weighted by Crippen LogP contribution is -2.16. The molecule has 0 unspecified atom stereocenters. The lowest BCUT2D eigenvalue weighted by molar-refractivity contribution is -0.145. The van der Waals surface area contributed by atoms with Gasteiger partial charge in [0.2, 0.25) is 5.91 Å². The van der Waals surface area contributed by atoms with Crippen LogP contribution in [-0.4, -0.2) is 11.9 Å². The summed E-state index contributed by atoms with van der Waals surface area (Å²) in [6, 6.07) is 13.5. The Morgan fingerprint density at radius 1 is 0.958 bits per heavy atom. The largest absolute Gasteiger partial charge is 0.461 e. The van der Waals surface area contributed by atoms with E-state index in [1.807, 2.05) is 63.2 Å². The van der Waals surface area contributed by atoms with Crippen LogP contribution in [0.4, 0.5) is 5.69 Å². The van der Waals surface area contributed by atoms with Gasteiger partial charge in [-0.15, -0.1) is 0 Å². The number of amides is 1. The molecule has 1 amide bonds. The number of hydrogen-bond donors (Lipinski definition) is 1. The van der Waals surface area contributed by atoms with Crippen LogP contribution in [-0.2, 0) is 20.9 Å². The van der Waals surface area contributed by atoms with Gasteiger partial charge >= 0.3 is 5.97 Å². The molecule has 0 bridgehead atoms. The van der Waals surface area contributed by atoms with Crippen LogP contribution in [0.2, 0.25) is 0 Å². The van der Waals surface area contributed by atoms with Crippen LogP contribution in [0, 0.1) is 20.8 Å². The van der Waals surface area contributed by atoms with Crippen molar-refractivity contribution in [2.45, 2.75) is 40.2 Å². The molecule has 0 atom stereocenters. The molecule has 0 spiro atoms. The summed E-state index contributed by atoms with van der Waals surface area (Å²) >= 11 is 0. The minimum Gasteiger partial charge on any atom is -0.461 e. The second-order valence-corrected chi connectivity index (χ2v) is 5.97. The number of ether oxygens (including phenoxy) is 1. The zero-order valence-electron chi connectivity index (χ0n) is 14.4. The molecule has 0 aromatic heterocycles. The van der Waals surface area contributed by atoms with Crippen LogP contribution in [0.1, 0.15) is 35.1 Å². The van der Waals surface area contributed by atoms with Gasteiger partial charge in [0.15, 0.2) is 0 Å². The van der Waals surface area contributed by atoms with Crippen molar-refractivity contribution in [3.8, 4) is 0 Å². The Hall–Kier alpha value is -2.62. The lowest BCUT2D eigenvalue weighted by atomic mass is 10.0. The number of carbonyl (C=O) groups excluding carboxylic acids is 2. The van der Waals surface area contributed by atoms with Crippen LogP contribution in [0.3, 0.4) is 0 Å². The Kier molecular flexibility index (Phi) is 6.13. The normalized spacial score (nSPS) is 10.3. The highest BCUT2D eigenvalue weighted by Crippen LogP contribution is 2.22. The van der Waals surface area contributed by atoms with Gasteiger partial charge in [-0.1, -0.05) is 48.0 Å². The van der Waals surface area contributed by atoms with Crippen molar-refractivity contribution in [2.24, 2.45) is 0 Å². The van der Waals surface area contributed by atoms with E-state index in [2.05, 4.69) is 5.32 Å². The Bertz CT molecular complexity index is 700. The molecule has 0 aliphatic heterocycles. The molecule has 2 rings (SSSR count). The van der Waals surface area contributed by atoms with Crippen LogP contribution in [0.25, 0.3) is 0 Å². The lowest BCUT2D eigenvalue weighted by Gasteiger charge is -2.12. The molecule has 1 N–H and O–H groups in total. The number of nitrogens with one attached hydrogen (secondary N) is 1. The molecule has 0 radical (unpaired) electrons. The van der Waals surface area contributed by atoms with E-state index in [1.165, 1.54) is 0 Å². The molecule has 4 nitrogen and oxygen atoms in total. The van der Waals surface area contributed by atoms with E-state index in [9.17, 15) is 9.59 Å². The van der Waals surface area contributed by atoms with Gasteiger partial charge in [0.05, 0.1) is 6.42 Å². The second kappa shape index (κ2) is 8.29. The third-order valence-corrected chi connectivity index (χ3v) is 3.74. The number of anilines is 1. The van der Waals surface area contributed by atoms with Gasteiger partial charge in [0.1, 0.15) is 6.61 Å². The number of esters is 1. The average molecular weight is 325 g/mol. The Morgan fingerprint density at radius 2 is 1.58 bits per heavy atom. The number of carbonyl (C=O) groups is 2. The van der Waals surface area contributed by atoms with E-state index in [0.717, 1.165) is 27.9 Å². The summed E-state index contributed by atoms with van der Waals surface area (Å²) in [4.78, 5) is 23.8. The van der Waals surface area contributed by atoms with Crippen molar-refractivity contribution in [1.82, 2.24) is 0 Å². The molecular weight excluding hydrogens is 302 g/mol. The molecule has 2 aromatic carbocycles. The highest BCUT2D eigenvalue weighted by atomic mass is 16.5. The van der Waals surface area contributed by atoms with E-state index in [1.54, 1.807) is 0 Å². The van der Waals surface area contributed by atoms with Crippen molar-refractivity contribution in [1.29, 1.82) is 0 Å². The molecule has 2 aromatic rings. The Morgan fingerprint density at radius 3 is 2.21 bits per heavy atom. The standard InChI is InChI=1S/C20H23NO3/c1-14-11-15(2)20(16(3)12-14)21-18(22)9-10-19(23)24-13-17-7-5-4-6-8-17/h4-8,11-12H,9-10,13H2,1-3H3,(H,21,22). The molecule has 126 valence electrons. The first kappa shape index (κ1) is 17.7. The molecule has 24 heavy (non-hydrogen) atoms. The molecule has 0 saturated carbocycles. The number of rotatable bonds is 6. The predicted molar refractivity (Wildman–Crippen MR) is 94.8 cm³/mol. The smallest absolute Gasteiger partial charge is 0.306 e. The van der Waals surface area contributed by atoms with Gasteiger partial charge < -0.3 is 10.1 Å². The van der Waals surface area contributed by atoms with Gasteiger partial charge in [0, 0.05) is 12.1 Å². The maximum atomic E-state index is 12.1. The minimum absolute atomic E-state index is 0.0720. The van der Waals surface area contributed by atoms with E-state index in [-0.39, 0.29) is 31.3 Å². The molecule has 0 heterocycles.